The summed E-state index contributed by atoms with van der Waals surface area (Å²) in [5.74, 6) is -1.37. The lowest BCUT2D eigenvalue weighted by Crippen LogP contribution is -2.15. The summed E-state index contributed by atoms with van der Waals surface area (Å²) in [6.45, 7) is 0.162. The van der Waals surface area contributed by atoms with Crippen LogP contribution in [-0.4, -0.2) is 22.4 Å². The van der Waals surface area contributed by atoms with Gasteiger partial charge in [-0.05, 0) is 29.8 Å². The highest BCUT2D eigenvalue weighted by Crippen LogP contribution is 2.31. The molecular weight excluding hydrogens is 324 g/mol. The van der Waals surface area contributed by atoms with Crippen LogP contribution in [0.25, 0.3) is 0 Å². The van der Waals surface area contributed by atoms with Crippen LogP contribution in [-0.2, 0) is 6.54 Å². The number of halogens is 2. The third kappa shape index (κ3) is 4.32. The standard InChI is InChI=1S/C15H13F2N3O4/c16-9-3-1-8(2-4-9)7-18-10-5-6-11(19-14(21)22)13(12(10)17)20-15(23)24/h1-6,18-20H,7H2,(H,21,22)(H,23,24). The molecule has 2 amide bonds. The highest BCUT2D eigenvalue weighted by Gasteiger charge is 2.17. The van der Waals surface area contributed by atoms with Crippen molar-refractivity contribution < 1.29 is 28.6 Å². The van der Waals surface area contributed by atoms with Crippen LogP contribution in [0.1, 0.15) is 5.56 Å². The van der Waals surface area contributed by atoms with Gasteiger partial charge in [-0.25, -0.2) is 18.4 Å². The van der Waals surface area contributed by atoms with Gasteiger partial charge in [-0.3, -0.25) is 10.6 Å². The maximum Gasteiger partial charge on any atom is 0.409 e. The van der Waals surface area contributed by atoms with Crippen LogP contribution in [0.3, 0.4) is 0 Å². The third-order valence-electron chi connectivity index (χ3n) is 3.01. The maximum atomic E-state index is 14.4. The third-order valence-corrected chi connectivity index (χ3v) is 3.01. The maximum absolute atomic E-state index is 14.4. The van der Waals surface area contributed by atoms with E-state index in [4.69, 9.17) is 10.2 Å². The van der Waals surface area contributed by atoms with Crippen molar-refractivity contribution in [3.05, 3.63) is 53.6 Å². The lowest BCUT2D eigenvalue weighted by atomic mass is 10.2. The Labute approximate surface area is 134 Å². The molecule has 0 spiro atoms. The van der Waals surface area contributed by atoms with Gasteiger partial charge >= 0.3 is 12.2 Å². The number of carboxylic acid groups (broad SMARTS) is 2. The van der Waals surface area contributed by atoms with Gasteiger partial charge in [0.1, 0.15) is 11.5 Å². The monoisotopic (exact) mass is 337 g/mol. The molecule has 0 aromatic heterocycles. The van der Waals surface area contributed by atoms with Gasteiger partial charge in [0, 0.05) is 6.54 Å². The molecule has 2 aromatic rings. The van der Waals surface area contributed by atoms with Gasteiger partial charge in [0.2, 0.25) is 0 Å². The van der Waals surface area contributed by atoms with Crippen molar-refractivity contribution >= 4 is 29.2 Å². The molecule has 9 heteroatoms. The summed E-state index contributed by atoms with van der Waals surface area (Å²) in [4.78, 5) is 21.5. The van der Waals surface area contributed by atoms with Gasteiger partial charge in [-0.2, -0.15) is 0 Å². The molecule has 0 atom stereocenters. The first kappa shape index (κ1) is 17.0. The van der Waals surface area contributed by atoms with Gasteiger partial charge in [0.05, 0.1) is 11.4 Å². The van der Waals surface area contributed by atoms with E-state index in [0.717, 1.165) is 0 Å². The largest absolute Gasteiger partial charge is 0.465 e. The first-order chi connectivity index (χ1) is 11.4. The second-order valence-corrected chi connectivity index (χ2v) is 4.69. The summed E-state index contributed by atoms with van der Waals surface area (Å²) < 4.78 is 27.3. The Morgan fingerprint density at radius 1 is 0.875 bits per heavy atom. The fraction of sp³-hybridized carbons (Fsp3) is 0.0667. The van der Waals surface area contributed by atoms with Crippen LogP contribution < -0.4 is 16.0 Å². The number of anilines is 3. The fourth-order valence-corrected chi connectivity index (χ4v) is 1.96. The Morgan fingerprint density at radius 2 is 1.46 bits per heavy atom. The average Bonchev–Trinajstić information content (AvgIpc) is 2.51. The highest BCUT2D eigenvalue weighted by molar-refractivity contribution is 5.95. The molecule has 2 rings (SSSR count). The summed E-state index contributed by atoms with van der Waals surface area (Å²) in [5, 5.41) is 23.9. The predicted molar refractivity (Wildman–Crippen MR) is 83.4 cm³/mol. The van der Waals surface area contributed by atoms with Crippen LogP contribution in [0.5, 0.6) is 0 Å². The number of carbonyl (C=O) groups is 2. The minimum absolute atomic E-state index is 0.0426. The van der Waals surface area contributed by atoms with Crippen molar-refractivity contribution in [3.63, 3.8) is 0 Å². The van der Waals surface area contributed by atoms with Crippen LogP contribution in [0.15, 0.2) is 36.4 Å². The first-order valence-corrected chi connectivity index (χ1v) is 6.67. The Kier molecular flexibility index (Phi) is 5.15. The van der Waals surface area contributed by atoms with Crippen molar-refractivity contribution in [2.45, 2.75) is 6.54 Å². The minimum Gasteiger partial charge on any atom is -0.465 e. The van der Waals surface area contributed by atoms with E-state index in [0.29, 0.717) is 5.56 Å². The van der Waals surface area contributed by atoms with E-state index in [1.165, 1.54) is 36.4 Å². The summed E-state index contributed by atoms with van der Waals surface area (Å²) in [6, 6.07) is 8.01. The lowest BCUT2D eigenvalue weighted by molar-refractivity contribution is 0.208. The number of nitrogens with one attached hydrogen (secondary N) is 3. The zero-order chi connectivity index (χ0) is 17.7. The molecule has 2 aromatic carbocycles. The quantitative estimate of drug-likeness (QED) is 0.570. The van der Waals surface area contributed by atoms with Crippen molar-refractivity contribution in [1.29, 1.82) is 0 Å². The summed E-state index contributed by atoms with van der Waals surface area (Å²) in [6.07, 6.45) is -3.01. The van der Waals surface area contributed by atoms with Gasteiger partial charge in [0.15, 0.2) is 5.82 Å². The molecule has 0 radical (unpaired) electrons. The van der Waals surface area contributed by atoms with Crippen LogP contribution >= 0.6 is 0 Å². The van der Waals surface area contributed by atoms with E-state index in [9.17, 15) is 18.4 Å². The molecule has 0 saturated carbocycles. The van der Waals surface area contributed by atoms with E-state index in [1.807, 2.05) is 10.6 Å². The summed E-state index contributed by atoms with van der Waals surface area (Å²) in [7, 11) is 0. The fourth-order valence-electron chi connectivity index (χ4n) is 1.96. The molecule has 0 fully saturated rings. The zero-order valence-electron chi connectivity index (χ0n) is 12.1. The Bertz CT molecular complexity index is 766. The second kappa shape index (κ2) is 7.27. The average molecular weight is 337 g/mol. The number of benzene rings is 2. The smallest absolute Gasteiger partial charge is 0.409 e. The molecular formula is C15H13F2N3O4. The van der Waals surface area contributed by atoms with Crippen LogP contribution in [0.4, 0.5) is 35.4 Å². The van der Waals surface area contributed by atoms with E-state index >= 15 is 0 Å². The molecule has 0 heterocycles. The number of hydrogen-bond donors (Lipinski definition) is 5. The number of amides is 2. The van der Waals surface area contributed by atoms with Gasteiger partial charge in [0.25, 0.3) is 0 Å². The second-order valence-electron chi connectivity index (χ2n) is 4.69. The molecule has 0 bridgehead atoms. The first-order valence-electron chi connectivity index (χ1n) is 6.67. The van der Waals surface area contributed by atoms with E-state index in [-0.39, 0.29) is 17.9 Å². The van der Waals surface area contributed by atoms with Gasteiger partial charge < -0.3 is 15.5 Å². The Hall–Kier alpha value is -3.36. The topological polar surface area (TPSA) is 111 Å². The van der Waals surface area contributed by atoms with Crippen molar-refractivity contribution in [2.75, 3.05) is 16.0 Å². The van der Waals surface area contributed by atoms with Crippen molar-refractivity contribution in [2.24, 2.45) is 0 Å². The number of rotatable bonds is 5. The molecule has 126 valence electrons. The van der Waals surface area contributed by atoms with E-state index in [2.05, 4.69) is 5.32 Å². The van der Waals surface area contributed by atoms with Crippen LogP contribution in [0.2, 0.25) is 0 Å². The van der Waals surface area contributed by atoms with E-state index in [1.54, 1.807) is 0 Å². The molecule has 0 unspecified atom stereocenters. The zero-order valence-corrected chi connectivity index (χ0v) is 12.1. The Balaban J connectivity index is 2.24. The van der Waals surface area contributed by atoms with Crippen molar-refractivity contribution in [1.82, 2.24) is 0 Å². The Morgan fingerprint density at radius 3 is 2.04 bits per heavy atom. The molecule has 0 aliphatic carbocycles. The van der Waals surface area contributed by atoms with Gasteiger partial charge in [-0.1, -0.05) is 12.1 Å². The lowest BCUT2D eigenvalue weighted by Gasteiger charge is -2.14. The summed E-state index contributed by atoms with van der Waals surface area (Å²) in [5.41, 5.74) is -0.126. The van der Waals surface area contributed by atoms with Gasteiger partial charge in [-0.15, -0.1) is 0 Å². The highest BCUT2D eigenvalue weighted by atomic mass is 19.1. The summed E-state index contributed by atoms with van der Waals surface area (Å²) >= 11 is 0. The van der Waals surface area contributed by atoms with Crippen molar-refractivity contribution in [3.8, 4) is 0 Å². The normalized spacial score (nSPS) is 10.1. The SMILES string of the molecule is O=C(O)Nc1ccc(NCc2ccc(F)cc2)c(F)c1NC(=O)O. The molecule has 0 aliphatic rings. The molecule has 0 saturated heterocycles. The number of hydrogen-bond acceptors (Lipinski definition) is 3. The molecule has 0 aliphatic heterocycles. The predicted octanol–water partition coefficient (Wildman–Crippen LogP) is 3.76. The molecule has 5 N–H and O–H groups in total. The minimum atomic E-state index is -1.54. The van der Waals surface area contributed by atoms with E-state index < -0.39 is 29.5 Å². The molecule has 24 heavy (non-hydrogen) atoms. The molecule has 7 nitrogen and oxygen atoms in total. The van der Waals surface area contributed by atoms with Crippen LogP contribution in [0, 0.1) is 11.6 Å².